The molecule has 1 aliphatic carbocycles. The Morgan fingerprint density at radius 2 is 1.80 bits per heavy atom. The first-order valence-corrected chi connectivity index (χ1v) is 14.0. The number of halogens is 5. The fourth-order valence-electron chi connectivity index (χ4n) is 5.65. The van der Waals surface area contributed by atoms with Crippen molar-refractivity contribution in [1.82, 2.24) is 20.2 Å². The number of fused-ring (bicyclic) bond motifs is 2. The molecule has 8 nitrogen and oxygen atoms in total. The van der Waals surface area contributed by atoms with E-state index in [4.69, 9.17) is 0 Å². The first-order chi connectivity index (χ1) is 18.7. The van der Waals surface area contributed by atoms with Crippen molar-refractivity contribution in [3.05, 3.63) is 28.5 Å². The van der Waals surface area contributed by atoms with Gasteiger partial charge in [0.25, 0.3) is 18.2 Å². The van der Waals surface area contributed by atoms with Crippen molar-refractivity contribution >= 4 is 29.0 Å². The molecule has 2 saturated heterocycles. The molecule has 0 spiro atoms. The number of aliphatic hydroxyl groups is 1. The molecule has 2 aromatic rings. The van der Waals surface area contributed by atoms with Gasteiger partial charge in [-0.2, -0.15) is 13.2 Å². The summed E-state index contributed by atoms with van der Waals surface area (Å²) in [6.07, 6.45) is -3.46. The molecule has 2 bridgehead atoms. The van der Waals surface area contributed by atoms with Gasteiger partial charge >= 0.3 is 6.18 Å². The van der Waals surface area contributed by atoms with E-state index < -0.39 is 41.1 Å². The number of thiazole rings is 1. The Hall–Kier alpha value is -2.87. The number of aromatic nitrogens is 2. The van der Waals surface area contributed by atoms with Gasteiger partial charge in [-0.3, -0.25) is 9.59 Å². The van der Waals surface area contributed by atoms with Crippen LogP contribution in [0.15, 0.2) is 12.3 Å². The van der Waals surface area contributed by atoms with E-state index in [1.165, 1.54) is 13.8 Å². The van der Waals surface area contributed by atoms with Gasteiger partial charge in [-0.1, -0.05) is 0 Å². The summed E-state index contributed by atoms with van der Waals surface area (Å²) in [6.45, 7) is 2.86. The van der Waals surface area contributed by atoms with Gasteiger partial charge < -0.3 is 20.6 Å². The quantitative estimate of drug-likeness (QED) is 0.362. The summed E-state index contributed by atoms with van der Waals surface area (Å²) >= 11 is 0.726. The summed E-state index contributed by atoms with van der Waals surface area (Å²) in [4.78, 5) is 36.5. The maximum atomic E-state index is 14.3. The van der Waals surface area contributed by atoms with Crippen molar-refractivity contribution in [1.29, 1.82) is 0 Å². The van der Waals surface area contributed by atoms with Crippen molar-refractivity contribution in [2.45, 2.75) is 94.6 Å². The molecule has 218 valence electrons. The predicted molar refractivity (Wildman–Crippen MR) is 137 cm³/mol. The van der Waals surface area contributed by atoms with Gasteiger partial charge in [-0.15, -0.1) is 11.3 Å². The molecular weight excluding hydrogens is 557 g/mol. The number of amides is 2. The molecule has 2 aromatic heterocycles. The summed E-state index contributed by atoms with van der Waals surface area (Å²) in [6, 6.07) is 0.868. The van der Waals surface area contributed by atoms with E-state index in [1.807, 2.05) is 0 Å². The zero-order valence-electron chi connectivity index (χ0n) is 21.9. The maximum Gasteiger partial charge on any atom is 0.411 e. The van der Waals surface area contributed by atoms with E-state index in [-0.39, 0.29) is 58.4 Å². The molecule has 1 saturated carbocycles. The monoisotopic (exact) mass is 587 g/mol. The van der Waals surface area contributed by atoms with Crippen LogP contribution in [0, 0.1) is 0 Å². The van der Waals surface area contributed by atoms with E-state index >= 15 is 0 Å². The second-order valence-electron chi connectivity index (χ2n) is 11.4. The molecule has 0 unspecified atom stereocenters. The third-order valence-corrected chi connectivity index (χ3v) is 9.01. The Bertz CT molecular complexity index is 1280. The average molecular weight is 588 g/mol. The van der Waals surface area contributed by atoms with Gasteiger partial charge in [0, 0.05) is 36.0 Å². The molecule has 0 aromatic carbocycles. The van der Waals surface area contributed by atoms with Crippen LogP contribution in [0.2, 0.25) is 0 Å². The van der Waals surface area contributed by atoms with Crippen LogP contribution in [0.4, 0.5) is 27.8 Å². The highest BCUT2D eigenvalue weighted by atomic mass is 32.1. The summed E-state index contributed by atoms with van der Waals surface area (Å²) in [5.74, 6) is -1.53. The third kappa shape index (κ3) is 5.27. The number of hydrogen-bond donors (Lipinski definition) is 3. The van der Waals surface area contributed by atoms with Gasteiger partial charge in [-0.05, 0) is 64.9 Å². The van der Waals surface area contributed by atoms with Gasteiger partial charge in [0.15, 0.2) is 5.01 Å². The van der Waals surface area contributed by atoms with E-state index in [0.717, 1.165) is 49.3 Å². The number of anilines is 1. The Balaban J connectivity index is 1.54. The van der Waals surface area contributed by atoms with Crippen molar-refractivity contribution in [3.63, 3.8) is 0 Å². The predicted octanol–water partition coefficient (Wildman–Crippen LogP) is 5.31. The number of carbonyl (C=O) groups is 2. The van der Waals surface area contributed by atoms with Crippen LogP contribution in [0.5, 0.6) is 0 Å². The molecule has 2 amide bonds. The van der Waals surface area contributed by atoms with Crippen LogP contribution in [0.25, 0.3) is 10.4 Å². The van der Waals surface area contributed by atoms with Crippen molar-refractivity contribution < 1.29 is 36.6 Å². The summed E-state index contributed by atoms with van der Waals surface area (Å²) in [7, 11) is 0. The zero-order chi connectivity index (χ0) is 29.0. The van der Waals surface area contributed by atoms with Crippen LogP contribution >= 0.6 is 11.3 Å². The number of carbonyl (C=O) groups excluding carboxylic acids is 2. The number of alkyl halides is 5. The van der Waals surface area contributed by atoms with E-state index in [0.29, 0.717) is 6.42 Å². The molecule has 14 heteroatoms. The Kier molecular flexibility index (Phi) is 7.30. The lowest BCUT2D eigenvalue weighted by Crippen LogP contribution is -2.57. The molecule has 4 heterocycles. The summed E-state index contributed by atoms with van der Waals surface area (Å²) in [5.41, 5.74) is -4.43. The highest BCUT2D eigenvalue weighted by Gasteiger charge is 2.58. The molecule has 0 radical (unpaired) electrons. The fraction of sp³-hybridized carbons (Fsp3) is 0.615. The SMILES string of the molecule is CC(C)(O)CNC(=O)c1nc(C(=O)N2C3CCC2CC3)c(-c2cnc(NC3(C(F)(F)F)CCC3)cc2C(F)F)s1. The van der Waals surface area contributed by atoms with Gasteiger partial charge in [0.05, 0.1) is 10.5 Å². The smallest absolute Gasteiger partial charge is 0.389 e. The molecular formula is C26H30F5N5O3S. The normalized spacial score (nSPS) is 22.0. The number of rotatable bonds is 8. The summed E-state index contributed by atoms with van der Waals surface area (Å²) in [5, 5.41) is 14.6. The number of pyridine rings is 1. The molecule has 5 rings (SSSR count). The minimum atomic E-state index is -4.59. The lowest BCUT2D eigenvalue weighted by atomic mass is 9.76. The minimum absolute atomic E-state index is 0.000167. The minimum Gasteiger partial charge on any atom is -0.389 e. The van der Waals surface area contributed by atoms with E-state index in [1.54, 1.807) is 4.90 Å². The molecule has 3 aliphatic rings. The maximum absolute atomic E-state index is 14.3. The molecule has 3 N–H and O–H groups in total. The van der Waals surface area contributed by atoms with Crippen LogP contribution < -0.4 is 10.6 Å². The molecule has 40 heavy (non-hydrogen) atoms. The number of nitrogens with one attached hydrogen (secondary N) is 2. The van der Waals surface area contributed by atoms with Crippen molar-refractivity contribution in [2.24, 2.45) is 0 Å². The van der Waals surface area contributed by atoms with Gasteiger partial charge in [-0.25, -0.2) is 18.7 Å². The van der Waals surface area contributed by atoms with Crippen LogP contribution in [0.3, 0.4) is 0 Å². The molecule has 0 atom stereocenters. The van der Waals surface area contributed by atoms with Gasteiger partial charge in [0.1, 0.15) is 17.1 Å². The lowest BCUT2D eigenvalue weighted by molar-refractivity contribution is -0.198. The van der Waals surface area contributed by atoms with Crippen molar-refractivity contribution in [2.75, 3.05) is 11.9 Å². The fourth-order valence-corrected chi connectivity index (χ4v) is 6.65. The second-order valence-corrected chi connectivity index (χ2v) is 12.4. The topological polar surface area (TPSA) is 107 Å². The van der Waals surface area contributed by atoms with Crippen molar-refractivity contribution in [3.8, 4) is 10.4 Å². The Morgan fingerprint density at radius 1 is 1.18 bits per heavy atom. The van der Waals surface area contributed by atoms with E-state index in [2.05, 4.69) is 20.6 Å². The lowest BCUT2D eigenvalue weighted by Gasteiger charge is -2.44. The van der Waals surface area contributed by atoms with Crippen LogP contribution in [-0.2, 0) is 0 Å². The second kappa shape index (κ2) is 10.2. The van der Waals surface area contributed by atoms with Crippen LogP contribution in [0.1, 0.15) is 91.1 Å². The van der Waals surface area contributed by atoms with Gasteiger partial charge in [0.2, 0.25) is 0 Å². The first-order valence-electron chi connectivity index (χ1n) is 13.2. The standard InChI is InChI=1S/C26H30F5N5O3S/c1-24(2,39)12-33-21(37)22-34-18(23(38)36-13-4-5-14(36)7-6-13)19(40-22)16-11-32-17(10-15(16)20(27)28)35-25(8-3-9-25)26(29,30)31/h10-11,13-14,20,39H,3-9,12H2,1-2H3,(H,32,35)(H,33,37). The third-order valence-electron chi connectivity index (χ3n) is 7.93. The average Bonchev–Trinajstić information content (AvgIpc) is 3.57. The Morgan fingerprint density at radius 3 is 2.30 bits per heavy atom. The Labute approximate surface area is 231 Å². The number of hydrogen-bond acceptors (Lipinski definition) is 7. The number of nitrogens with zero attached hydrogens (tertiary/aromatic N) is 3. The molecule has 2 aliphatic heterocycles. The highest BCUT2D eigenvalue weighted by molar-refractivity contribution is 7.17. The zero-order valence-corrected chi connectivity index (χ0v) is 22.8. The van der Waals surface area contributed by atoms with E-state index in [9.17, 15) is 36.6 Å². The highest BCUT2D eigenvalue weighted by Crippen LogP contribution is 2.48. The first kappa shape index (κ1) is 28.7. The summed E-state index contributed by atoms with van der Waals surface area (Å²) < 4.78 is 69.7. The molecule has 3 fully saturated rings. The van der Waals surface area contributed by atoms with Crippen LogP contribution in [-0.4, -0.2) is 67.7 Å². The largest absolute Gasteiger partial charge is 0.411 e.